The van der Waals surface area contributed by atoms with Crippen molar-refractivity contribution in [3.05, 3.63) is 114 Å². The van der Waals surface area contributed by atoms with E-state index in [0.29, 0.717) is 22.6 Å². The molecule has 3 N–H and O–H groups in total. The first kappa shape index (κ1) is 31.8. The molecule has 0 spiro atoms. The minimum atomic E-state index is -3.80. The molecule has 0 atom stereocenters. The van der Waals surface area contributed by atoms with Crippen LogP contribution in [0.2, 0.25) is 0 Å². The maximum atomic E-state index is 12.8. The molecule has 226 valence electrons. The predicted molar refractivity (Wildman–Crippen MR) is 173 cm³/mol. The number of hydrogen-bond donors (Lipinski definition) is 3. The van der Waals surface area contributed by atoms with Crippen molar-refractivity contribution in [1.82, 2.24) is 0 Å². The summed E-state index contributed by atoms with van der Waals surface area (Å²) in [6.45, 7) is 12.3. The fraction of sp³-hybridized carbons (Fsp3) is 0.242. The number of carbonyl (C=O) groups is 1. The molecule has 1 amide bonds. The standard InChI is InChI=1S/C33H37N3O5S2/c1-32(2,3)24-9-19-29(20-10-24)42(38,39)35-27-13-7-23(8-14-27)31(37)34-26-15-17-28(18-16-26)36-43(40,41)30-21-11-25(12-22-30)33(4,5)6/h7-22,35-36H,1-6H3,(H,34,37). The van der Waals surface area contributed by atoms with Gasteiger partial charge in [-0.15, -0.1) is 0 Å². The Morgan fingerprint density at radius 2 is 0.814 bits per heavy atom. The molecule has 0 fully saturated rings. The van der Waals surface area contributed by atoms with Crippen molar-refractivity contribution < 1.29 is 21.6 Å². The fourth-order valence-electron chi connectivity index (χ4n) is 4.21. The number of anilines is 3. The van der Waals surface area contributed by atoms with E-state index < -0.39 is 26.0 Å². The Morgan fingerprint density at radius 1 is 0.488 bits per heavy atom. The molecule has 10 heteroatoms. The molecule has 0 saturated heterocycles. The van der Waals surface area contributed by atoms with Crippen molar-refractivity contribution in [2.75, 3.05) is 14.8 Å². The summed E-state index contributed by atoms with van der Waals surface area (Å²) in [5.41, 5.74) is 3.33. The van der Waals surface area contributed by atoms with Crippen LogP contribution in [0.15, 0.2) is 107 Å². The van der Waals surface area contributed by atoms with Gasteiger partial charge in [-0.2, -0.15) is 0 Å². The summed E-state index contributed by atoms with van der Waals surface area (Å²) in [5, 5.41) is 2.76. The van der Waals surface area contributed by atoms with Crippen LogP contribution in [-0.4, -0.2) is 22.7 Å². The molecule has 0 unspecified atom stereocenters. The van der Waals surface area contributed by atoms with Gasteiger partial charge < -0.3 is 5.32 Å². The number of hydrogen-bond acceptors (Lipinski definition) is 5. The Kier molecular flexibility index (Phi) is 8.76. The van der Waals surface area contributed by atoms with Crippen LogP contribution in [0.5, 0.6) is 0 Å². The molecule has 0 aliphatic carbocycles. The Hall–Kier alpha value is -4.15. The highest BCUT2D eigenvalue weighted by molar-refractivity contribution is 7.93. The lowest BCUT2D eigenvalue weighted by atomic mass is 9.87. The second-order valence-corrected chi connectivity index (χ2v) is 15.7. The lowest BCUT2D eigenvalue weighted by Crippen LogP contribution is -2.15. The third-order valence-corrected chi connectivity index (χ3v) is 9.65. The van der Waals surface area contributed by atoms with Crippen LogP contribution in [0.3, 0.4) is 0 Å². The number of rotatable bonds is 8. The van der Waals surface area contributed by atoms with Crippen LogP contribution in [0.1, 0.15) is 63.0 Å². The zero-order valence-electron chi connectivity index (χ0n) is 25.1. The van der Waals surface area contributed by atoms with E-state index in [-0.39, 0.29) is 20.6 Å². The SMILES string of the molecule is CC(C)(C)c1ccc(S(=O)(=O)Nc2ccc(NC(=O)c3ccc(NS(=O)(=O)c4ccc(C(C)(C)C)cc4)cc3)cc2)cc1. The molecular weight excluding hydrogens is 583 g/mol. The maximum absolute atomic E-state index is 12.8. The molecule has 4 aromatic carbocycles. The Bertz CT molecular complexity index is 1800. The lowest BCUT2D eigenvalue weighted by Gasteiger charge is -2.19. The average molecular weight is 620 g/mol. The highest BCUT2D eigenvalue weighted by atomic mass is 32.2. The van der Waals surface area contributed by atoms with E-state index in [1.54, 1.807) is 72.8 Å². The molecule has 0 heterocycles. The van der Waals surface area contributed by atoms with Gasteiger partial charge in [0.05, 0.1) is 9.79 Å². The van der Waals surface area contributed by atoms with Crippen LogP contribution in [-0.2, 0) is 30.9 Å². The zero-order valence-corrected chi connectivity index (χ0v) is 26.7. The number of amides is 1. The van der Waals surface area contributed by atoms with Gasteiger partial charge in [-0.1, -0.05) is 65.8 Å². The number of benzene rings is 4. The van der Waals surface area contributed by atoms with Crippen molar-refractivity contribution >= 4 is 43.0 Å². The number of sulfonamides is 2. The monoisotopic (exact) mass is 619 g/mol. The molecule has 0 aromatic heterocycles. The van der Waals surface area contributed by atoms with Crippen LogP contribution in [0, 0.1) is 0 Å². The Morgan fingerprint density at radius 3 is 1.16 bits per heavy atom. The molecule has 4 aromatic rings. The largest absolute Gasteiger partial charge is 0.322 e. The van der Waals surface area contributed by atoms with Gasteiger partial charge in [0.15, 0.2) is 0 Å². The summed E-state index contributed by atoms with van der Waals surface area (Å²) in [4.78, 5) is 13.1. The third kappa shape index (κ3) is 8.03. The van der Waals surface area contributed by atoms with Gasteiger partial charge in [0.25, 0.3) is 26.0 Å². The number of carbonyl (C=O) groups excluding carboxylic acids is 1. The van der Waals surface area contributed by atoms with E-state index in [2.05, 4.69) is 56.3 Å². The summed E-state index contributed by atoms with van der Waals surface area (Å²) in [7, 11) is -7.58. The van der Waals surface area contributed by atoms with Crippen molar-refractivity contribution in [1.29, 1.82) is 0 Å². The van der Waals surface area contributed by atoms with Gasteiger partial charge in [-0.3, -0.25) is 14.2 Å². The van der Waals surface area contributed by atoms with Gasteiger partial charge in [0.1, 0.15) is 0 Å². The summed E-state index contributed by atoms with van der Waals surface area (Å²) < 4.78 is 56.4. The number of nitrogens with one attached hydrogen (secondary N) is 3. The van der Waals surface area contributed by atoms with Gasteiger partial charge in [-0.05, 0) is 94.8 Å². The van der Waals surface area contributed by atoms with E-state index in [9.17, 15) is 21.6 Å². The second kappa shape index (κ2) is 11.9. The quantitative estimate of drug-likeness (QED) is 0.194. The molecule has 8 nitrogen and oxygen atoms in total. The fourth-order valence-corrected chi connectivity index (χ4v) is 6.33. The predicted octanol–water partition coefficient (Wildman–Crippen LogP) is 7.14. The van der Waals surface area contributed by atoms with Crippen LogP contribution in [0.4, 0.5) is 17.1 Å². The van der Waals surface area contributed by atoms with E-state index >= 15 is 0 Å². The first-order valence-electron chi connectivity index (χ1n) is 13.7. The minimum Gasteiger partial charge on any atom is -0.322 e. The molecule has 0 saturated carbocycles. The first-order valence-corrected chi connectivity index (χ1v) is 16.7. The summed E-state index contributed by atoms with van der Waals surface area (Å²) in [6.07, 6.45) is 0. The van der Waals surface area contributed by atoms with E-state index in [0.717, 1.165) is 11.1 Å². The van der Waals surface area contributed by atoms with E-state index in [1.807, 2.05) is 0 Å². The lowest BCUT2D eigenvalue weighted by molar-refractivity contribution is 0.102. The third-order valence-electron chi connectivity index (χ3n) is 6.86. The molecule has 4 rings (SSSR count). The summed E-state index contributed by atoms with van der Waals surface area (Å²) in [6, 6.07) is 25.9. The maximum Gasteiger partial charge on any atom is 0.261 e. The minimum absolute atomic E-state index is 0.0884. The molecule has 0 aliphatic heterocycles. The van der Waals surface area contributed by atoms with Crippen molar-refractivity contribution in [3.63, 3.8) is 0 Å². The second-order valence-electron chi connectivity index (χ2n) is 12.4. The summed E-state index contributed by atoms with van der Waals surface area (Å²) >= 11 is 0. The molecular formula is C33H37N3O5S2. The van der Waals surface area contributed by atoms with Gasteiger partial charge in [-0.25, -0.2) is 16.8 Å². The summed E-state index contributed by atoms with van der Waals surface area (Å²) in [5.74, 6) is -0.403. The zero-order chi connectivity index (χ0) is 31.6. The Labute approximate surface area is 254 Å². The van der Waals surface area contributed by atoms with Crippen LogP contribution < -0.4 is 14.8 Å². The van der Waals surface area contributed by atoms with Crippen LogP contribution >= 0.6 is 0 Å². The molecule has 0 bridgehead atoms. The highest BCUT2D eigenvalue weighted by Gasteiger charge is 2.19. The smallest absolute Gasteiger partial charge is 0.261 e. The normalized spacial score (nSPS) is 12.4. The topological polar surface area (TPSA) is 121 Å². The molecule has 43 heavy (non-hydrogen) atoms. The van der Waals surface area contributed by atoms with E-state index in [4.69, 9.17) is 0 Å². The molecule has 0 aliphatic rings. The van der Waals surface area contributed by atoms with Gasteiger partial charge in [0.2, 0.25) is 0 Å². The first-order chi connectivity index (χ1) is 19.9. The van der Waals surface area contributed by atoms with Crippen LogP contribution in [0.25, 0.3) is 0 Å². The van der Waals surface area contributed by atoms with Gasteiger partial charge >= 0.3 is 0 Å². The van der Waals surface area contributed by atoms with Crippen molar-refractivity contribution in [3.8, 4) is 0 Å². The highest BCUT2D eigenvalue weighted by Crippen LogP contribution is 2.26. The van der Waals surface area contributed by atoms with E-state index in [1.165, 1.54) is 24.3 Å². The van der Waals surface area contributed by atoms with Crippen molar-refractivity contribution in [2.24, 2.45) is 0 Å². The molecule has 0 radical (unpaired) electrons. The average Bonchev–Trinajstić information content (AvgIpc) is 2.93. The van der Waals surface area contributed by atoms with Crippen molar-refractivity contribution in [2.45, 2.75) is 62.2 Å². The van der Waals surface area contributed by atoms with Gasteiger partial charge in [0, 0.05) is 22.6 Å². The Balaban J connectivity index is 1.36.